The molecule has 2 atom stereocenters. The molecule has 0 spiro atoms. The molecule has 9 nitrogen and oxygen atoms in total. The van der Waals surface area contributed by atoms with Crippen LogP contribution in [0.5, 0.6) is 11.5 Å². The van der Waals surface area contributed by atoms with Gasteiger partial charge in [-0.1, -0.05) is 37.6 Å². The Labute approximate surface area is 224 Å². The third-order valence-electron chi connectivity index (χ3n) is 5.98. The number of hydrogen-bond acceptors (Lipinski definition) is 6. The first-order valence-corrected chi connectivity index (χ1v) is 14.2. The van der Waals surface area contributed by atoms with Gasteiger partial charge in [0.25, 0.3) is 0 Å². The van der Waals surface area contributed by atoms with Crippen LogP contribution in [0.4, 0.5) is 5.69 Å². The van der Waals surface area contributed by atoms with Crippen LogP contribution in [0.3, 0.4) is 0 Å². The topological polar surface area (TPSA) is 105 Å². The summed E-state index contributed by atoms with van der Waals surface area (Å²) in [6.45, 7) is 5.22. The third kappa shape index (κ3) is 8.26. The van der Waals surface area contributed by atoms with E-state index in [1.54, 1.807) is 25.3 Å². The summed E-state index contributed by atoms with van der Waals surface area (Å²) >= 11 is 6.23. The fraction of sp³-hybridized carbons (Fsp3) is 0.462. The number of benzene rings is 2. The fourth-order valence-corrected chi connectivity index (χ4v) is 4.85. The molecule has 0 saturated heterocycles. The average molecular weight is 554 g/mol. The van der Waals surface area contributed by atoms with Crippen LogP contribution >= 0.6 is 11.6 Å². The maximum atomic E-state index is 13.8. The van der Waals surface area contributed by atoms with Gasteiger partial charge in [0.15, 0.2) is 0 Å². The molecule has 2 rings (SSSR count). The first-order valence-electron chi connectivity index (χ1n) is 12.0. The number of ether oxygens (including phenoxy) is 2. The van der Waals surface area contributed by atoms with Crippen molar-refractivity contribution in [2.75, 3.05) is 31.3 Å². The molecule has 2 aromatic carbocycles. The van der Waals surface area contributed by atoms with Gasteiger partial charge in [-0.25, -0.2) is 8.42 Å². The summed E-state index contributed by atoms with van der Waals surface area (Å²) in [6.07, 6.45) is 2.08. The molecule has 0 radical (unpaired) electrons. The molecule has 0 saturated carbocycles. The molecule has 0 aliphatic heterocycles. The summed E-state index contributed by atoms with van der Waals surface area (Å²) < 4.78 is 36.9. The number of sulfonamides is 1. The zero-order valence-electron chi connectivity index (χ0n) is 22.2. The summed E-state index contributed by atoms with van der Waals surface area (Å²) in [5.74, 6) is 0.142. The number of rotatable bonds is 13. The van der Waals surface area contributed by atoms with Gasteiger partial charge in [-0.05, 0) is 55.7 Å². The normalized spacial score (nSPS) is 12.8. The number of methoxy groups -OCH3 is 2. The van der Waals surface area contributed by atoms with E-state index in [0.717, 1.165) is 22.5 Å². The Morgan fingerprint density at radius 3 is 2.30 bits per heavy atom. The summed E-state index contributed by atoms with van der Waals surface area (Å²) in [5, 5.41) is 3.14. The first kappa shape index (κ1) is 30.2. The molecule has 0 aliphatic rings. The SMILES string of the molecule is CC[C@@H](C)NC(=O)[C@H](CC)N(Cc1cccc(OC)c1)C(=O)CN(c1ccc(OC)c(Cl)c1)S(C)(=O)=O. The van der Waals surface area contributed by atoms with Gasteiger partial charge < -0.3 is 19.7 Å². The second-order valence-electron chi connectivity index (χ2n) is 8.70. The Kier molecular flexibility index (Phi) is 11.1. The predicted octanol–water partition coefficient (Wildman–Crippen LogP) is 3.85. The maximum absolute atomic E-state index is 13.8. The Hall–Kier alpha value is -2.98. The standard InChI is InChI=1S/C26H36ClN3O6S/c1-7-18(3)28-26(32)23(8-2)29(16-19-10-9-11-21(14-19)35-4)25(31)17-30(37(6,33)34)20-12-13-24(36-5)22(27)15-20/h9-15,18,23H,7-8,16-17H2,1-6H3,(H,28,32)/t18-,23+/m1/s1. The van der Waals surface area contributed by atoms with E-state index in [1.165, 1.54) is 30.2 Å². The van der Waals surface area contributed by atoms with E-state index in [-0.39, 0.29) is 29.2 Å². The first-order chi connectivity index (χ1) is 17.4. The predicted molar refractivity (Wildman–Crippen MR) is 146 cm³/mol. The molecule has 0 unspecified atom stereocenters. The molecule has 0 bridgehead atoms. The van der Waals surface area contributed by atoms with Gasteiger partial charge in [-0.3, -0.25) is 13.9 Å². The van der Waals surface area contributed by atoms with E-state index in [9.17, 15) is 18.0 Å². The van der Waals surface area contributed by atoms with Crippen LogP contribution in [0, 0.1) is 0 Å². The Morgan fingerprint density at radius 1 is 1.05 bits per heavy atom. The van der Waals surface area contributed by atoms with Crippen molar-refractivity contribution in [2.24, 2.45) is 0 Å². The molecule has 204 valence electrons. The summed E-state index contributed by atoms with van der Waals surface area (Å²) in [5.41, 5.74) is 0.945. The van der Waals surface area contributed by atoms with Gasteiger partial charge in [-0.15, -0.1) is 0 Å². The lowest BCUT2D eigenvalue weighted by molar-refractivity contribution is -0.140. The smallest absolute Gasteiger partial charge is 0.244 e. The van der Waals surface area contributed by atoms with E-state index in [4.69, 9.17) is 21.1 Å². The number of nitrogens with zero attached hydrogens (tertiary/aromatic N) is 2. The second kappa shape index (κ2) is 13.5. The lowest BCUT2D eigenvalue weighted by Gasteiger charge is -2.33. The van der Waals surface area contributed by atoms with Gasteiger partial charge in [0, 0.05) is 12.6 Å². The van der Waals surface area contributed by atoms with Crippen LogP contribution < -0.4 is 19.1 Å². The van der Waals surface area contributed by atoms with Gasteiger partial charge in [0.05, 0.1) is 31.2 Å². The number of nitrogens with one attached hydrogen (secondary N) is 1. The van der Waals surface area contributed by atoms with Crippen LogP contribution in [-0.2, 0) is 26.2 Å². The lowest BCUT2D eigenvalue weighted by Crippen LogP contribution is -2.53. The van der Waals surface area contributed by atoms with Gasteiger partial charge in [-0.2, -0.15) is 0 Å². The van der Waals surface area contributed by atoms with E-state index in [1.807, 2.05) is 26.8 Å². The highest BCUT2D eigenvalue weighted by molar-refractivity contribution is 7.92. The van der Waals surface area contributed by atoms with Crippen molar-refractivity contribution in [3.8, 4) is 11.5 Å². The fourth-order valence-electron chi connectivity index (χ4n) is 3.75. The molecule has 37 heavy (non-hydrogen) atoms. The highest BCUT2D eigenvalue weighted by Crippen LogP contribution is 2.30. The molecule has 2 amide bonds. The molecule has 0 aromatic heterocycles. The van der Waals surface area contributed by atoms with E-state index in [2.05, 4.69) is 5.32 Å². The van der Waals surface area contributed by atoms with Crippen LogP contribution in [0.15, 0.2) is 42.5 Å². The van der Waals surface area contributed by atoms with E-state index in [0.29, 0.717) is 17.9 Å². The van der Waals surface area contributed by atoms with E-state index < -0.39 is 28.5 Å². The number of anilines is 1. The van der Waals surface area contributed by atoms with Gasteiger partial charge in [0.2, 0.25) is 21.8 Å². The Bertz CT molecular complexity index is 1190. The average Bonchev–Trinajstić information content (AvgIpc) is 2.86. The van der Waals surface area contributed by atoms with E-state index >= 15 is 0 Å². The van der Waals surface area contributed by atoms with Crippen molar-refractivity contribution in [3.63, 3.8) is 0 Å². The minimum Gasteiger partial charge on any atom is -0.497 e. The highest BCUT2D eigenvalue weighted by Gasteiger charge is 2.32. The Balaban J connectivity index is 2.48. The molecule has 0 aliphatic carbocycles. The van der Waals surface area contributed by atoms with Crippen LogP contribution in [0.2, 0.25) is 5.02 Å². The zero-order valence-corrected chi connectivity index (χ0v) is 23.7. The zero-order chi connectivity index (χ0) is 27.8. The minimum absolute atomic E-state index is 0.0794. The van der Waals surface area contributed by atoms with Crippen molar-refractivity contribution in [2.45, 2.75) is 52.2 Å². The van der Waals surface area contributed by atoms with Crippen molar-refractivity contribution < 1.29 is 27.5 Å². The van der Waals surface area contributed by atoms with Gasteiger partial charge in [0.1, 0.15) is 24.1 Å². The van der Waals surface area contributed by atoms with Crippen LogP contribution in [0.1, 0.15) is 39.2 Å². The van der Waals surface area contributed by atoms with Crippen LogP contribution in [0.25, 0.3) is 0 Å². The maximum Gasteiger partial charge on any atom is 0.244 e. The lowest BCUT2D eigenvalue weighted by atomic mass is 10.1. The molecule has 1 N–H and O–H groups in total. The molecule has 0 fully saturated rings. The van der Waals surface area contributed by atoms with Crippen molar-refractivity contribution in [3.05, 3.63) is 53.1 Å². The largest absolute Gasteiger partial charge is 0.497 e. The van der Waals surface area contributed by atoms with Gasteiger partial charge >= 0.3 is 0 Å². The third-order valence-corrected chi connectivity index (χ3v) is 7.41. The molecule has 11 heteroatoms. The number of carbonyl (C=O) groups is 2. The number of carbonyl (C=O) groups excluding carboxylic acids is 2. The molecule has 2 aromatic rings. The number of amides is 2. The number of halogens is 1. The van der Waals surface area contributed by atoms with Crippen molar-refractivity contribution >= 4 is 39.1 Å². The monoisotopic (exact) mass is 553 g/mol. The summed E-state index contributed by atoms with van der Waals surface area (Å²) in [7, 11) is -0.885. The highest BCUT2D eigenvalue weighted by atomic mass is 35.5. The van der Waals surface area contributed by atoms with Crippen molar-refractivity contribution in [1.82, 2.24) is 10.2 Å². The van der Waals surface area contributed by atoms with Crippen LogP contribution in [-0.4, -0.2) is 64.2 Å². The quantitative estimate of drug-likeness (QED) is 0.404. The molecular formula is C26H36ClN3O6S. The summed E-state index contributed by atoms with van der Waals surface area (Å²) in [4.78, 5) is 28.3. The molecular weight excluding hydrogens is 518 g/mol. The number of hydrogen-bond donors (Lipinski definition) is 1. The minimum atomic E-state index is -3.88. The van der Waals surface area contributed by atoms with Crippen molar-refractivity contribution in [1.29, 1.82) is 0 Å². The summed E-state index contributed by atoms with van der Waals surface area (Å²) in [6, 6.07) is 10.7. The molecule has 0 heterocycles. The second-order valence-corrected chi connectivity index (χ2v) is 11.0. The Morgan fingerprint density at radius 2 is 1.76 bits per heavy atom.